The van der Waals surface area contributed by atoms with Crippen molar-refractivity contribution in [1.29, 1.82) is 0 Å². The number of hydrogen-bond acceptors (Lipinski definition) is 6. The Morgan fingerprint density at radius 2 is 1.76 bits per heavy atom. The molecule has 0 spiro atoms. The van der Waals surface area contributed by atoms with Crippen LogP contribution in [0.25, 0.3) is 5.69 Å². The highest BCUT2D eigenvalue weighted by molar-refractivity contribution is 6.02. The molecule has 3 amide bonds. The number of amides is 3. The van der Waals surface area contributed by atoms with Gasteiger partial charge in [-0.3, -0.25) is 14.7 Å². The molecule has 0 aliphatic carbocycles. The zero-order valence-corrected chi connectivity index (χ0v) is 15.5. The first-order valence-electron chi connectivity index (χ1n) is 8.56. The van der Waals surface area contributed by atoms with Crippen LogP contribution in [0, 0.1) is 0 Å². The zero-order chi connectivity index (χ0) is 20.6. The number of rotatable bonds is 6. The predicted octanol–water partition coefficient (Wildman–Crippen LogP) is 2.39. The lowest BCUT2D eigenvalue weighted by Crippen LogP contribution is -2.37. The summed E-state index contributed by atoms with van der Waals surface area (Å²) in [5.41, 5.74) is 1.35. The Bertz CT molecular complexity index is 999. The number of hydrogen-bond donors (Lipinski definition) is 2. The quantitative estimate of drug-likeness (QED) is 0.621. The van der Waals surface area contributed by atoms with Crippen LogP contribution in [-0.4, -0.2) is 41.2 Å². The van der Waals surface area contributed by atoms with Crippen LogP contribution in [0.15, 0.2) is 67.1 Å². The Kier molecular flexibility index (Phi) is 6.21. The number of carbonyl (C=O) groups excluding carboxylic acids is 3. The van der Waals surface area contributed by atoms with Crippen LogP contribution in [0.4, 0.5) is 10.5 Å². The fourth-order valence-corrected chi connectivity index (χ4v) is 2.44. The van der Waals surface area contributed by atoms with E-state index in [1.165, 1.54) is 24.2 Å². The summed E-state index contributed by atoms with van der Waals surface area (Å²) in [4.78, 5) is 40.0. The third-order valence-electron chi connectivity index (χ3n) is 3.82. The molecular weight excluding hydrogens is 376 g/mol. The van der Waals surface area contributed by atoms with Gasteiger partial charge in [0, 0.05) is 11.4 Å². The number of aromatic nitrogens is 2. The Balaban J connectivity index is 1.51. The average Bonchev–Trinajstić information content (AvgIpc) is 3.23. The van der Waals surface area contributed by atoms with Gasteiger partial charge in [0.2, 0.25) is 0 Å². The molecule has 0 atom stereocenters. The second kappa shape index (κ2) is 9.18. The molecule has 2 N–H and O–H groups in total. The maximum atomic E-state index is 12.3. The van der Waals surface area contributed by atoms with Crippen molar-refractivity contribution in [2.24, 2.45) is 0 Å². The number of ether oxygens (including phenoxy) is 2. The predicted molar refractivity (Wildman–Crippen MR) is 104 cm³/mol. The fourth-order valence-electron chi connectivity index (χ4n) is 2.44. The minimum absolute atomic E-state index is 0.159. The van der Waals surface area contributed by atoms with Gasteiger partial charge in [0.05, 0.1) is 19.6 Å². The summed E-state index contributed by atoms with van der Waals surface area (Å²) in [6.07, 6.45) is 2.80. The van der Waals surface area contributed by atoms with E-state index in [2.05, 4.69) is 15.6 Å². The first kappa shape index (κ1) is 19.6. The van der Waals surface area contributed by atoms with E-state index in [0.717, 1.165) is 5.69 Å². The van der Waals surface area contributed by atoms with Gasteiger partial charge in [0.25, 0.3) is 5.91 Å². The van der Waals surface area contributed by atoms with E-state index in [1.807, 2.05) is 18.2 Å². The zero-order valence-electron chi connectivity index (χ0n) is 15.5. The van der Waals surface area contributed by atoms with Crippen molar-refractivity contribution in [3.8, 4) is 11.4 Å². The van der Waals surface area contributed by atoms with Gasteiger partial charge in [-0.2, -0.15) is 0 Å². The molecule has 0 saturated heterocycles. The lowest BCUT2D eigenvalue weighted by Gasteiger charge is -2.09. The molecule has 0 aliphatic rings. The van der Waals surface area contributed by atoms with Gasteiger partial charge < -0.3 is 14.8 Å². The summed E-state index contributed by atoms with van der Waals surface area (Å²) >= 11 is 0. The molecule has 0 saturated carbocycles. The summed E-state index contributed by atoms with van der Waals surface area (Å²) in [7, 11) is 1.53. The number of nitrogens with zero attached hydrogens (tertiary/aromatic N) is 2. The van der Waals surface area contributed by atoms with Gasteiger partial charge in [-0.05, 0) is 36.4 Å². The van der Waals surface area contributed by atoms with Gasteiger partial charge in [0.1, 0.15) is 5.75 Å². The lowest BCUT2D eigenvalue weighted by atomic mass is 10.3. The third kappa shape index (κ3) is 5.19. The van der Waals surface area contributed by atoms with Crippen molar-refractivity contribution in [3.63, 3.8) is 0 Å². The van der Waals surface area contributed by atoms with Crippen LogP contribution >= 0.6 is 0 Å². The molecule has 2 aromatic carbocycles. The van der Waals surface area contributed by atoms with Crippen LogP contribution in [0.5, 0.6) is 5.75 Å². The second-order valence-electron chi connectivity index (χ2n) is 5.79. The molecule has 0 aliphatic heterocycles. The van der Waals surface area contributed by atoms with Crippen molar-refractivity contribution in [3.05, 3.63) is 72.8 Å². The van der Waals surface area contributed by atoms with Crippen LogP contribution in [0.2, 0.25) is 0 Å². The van der Waals surface area contributed by atoms with Crippen molar-refractivity contribution >= 4 is 23.6 Å². The maximum absolute atomic E-state index is 12.3. The molecule has 3 rings (SSSR count). The van der Waals surface area contributed by atoms with E-state index in [0.29, 0.717) is 11.4 Å². The molecule has 0 bridgehead atoms. The first-order chi connectivity index (χ1) is 14.1. The molecule has 0 radical (unpaired) electrons. The topological polar surface area (TPSA) is 112 Å². The Morgan fingerprint density at radius 1 is 1.03 bits per heavy atom. The number of esters is 1. The van der Waals surface area contributed by atoms with Crippen LogP contribution in [-0.2, 0) is 9.53 Å². The molecule has 1 heterocycles. The van der Waals surface area contributed by atoms with Gasteiger partial charge in [-0.1, -0.05) is 18.2 Å². The number of para-hydroxylation sites is 1. The smallest absolute Gasteiger partial charge is 0.357 e. The van der Waals surface area contributed by atoms with Crippen molar-refractivity contribution in [2.75, 3.05) is 19.0 Å². The normalized spacial score (nSPS) is 10.1. The number of imide groups is 1. The van der Waals surface area contributed by atoms with Crippen molar-refractivity contribution in [2.45, 2.75) is 0 Å². The van der Waals surface area contributed by atoms with E-state index in [1.54, 1.807) is 36.4 Å². The largest absolute Gasteiger partial charge is 0.497 e. The van der Waals surface area contributed by atoms with Gasteiger partial charge >= 0.3 is 12.0 Å². The fraction of sp³-hybridized carbons (Fsp3) is 0.100. The lowest BCUT2D eigenvalue weighted by molar-refractivity contribution is -0.123. The number of urea groups is 1. The second-order valence-corrected chi connectivity index (χ2v) is 5.79. The van der Waals surface area contributed by atoms with Gasteiger partial charge in [0.15, 0.2) is 12.3 Å². The molecule has 9 nitrogen and oxygen atoms in total. The molecule has 0 unspecified atom stereocenters. The molecule has 0 fully saturated rings. The van der Waals surface area contributed by atoms with E-state index in [-0.39, 0.29) is 5.69 Å². The number of carbonyl (C=O) groups is 3. The van der Waals surface area contributed by atoms with Gasteiger partial charge in [-0.25, -0.2) is 14.6 Å². The molecular formula is C20H18N4O5. The summed E-state index contributed by atoms with van der Waals surface area (Å²) in [5, 5.41) is 4.57. The first-order valence-corrected chi connectivity index (χ1v) is 8.56. The summed E-state index contributed by atoms with van der Waals surface area (Å²) in [5.74, 6) is -0.874. The highest BCUT2D eigenvalue weighted by atomic mass is 16.5. The monoisotopic (exact) mass is 394 g/mol. The number of benzene rings is 2. The van der Waals surface area contributed by atoms with E-state index in [9.17, 15) is 14.4 Å². The Morgan fingerprint density at radius 3 is 2.45 bits per heavy atom. The molecule has 29 heavy (non-hydrogen) atoms. The number of nitrogens with one attached hydrogen (secondary N) is 2. The van der Waals surface area contributed by atoms with Crippen LogP contribution in [0.1, 0.15) is 10.5 Å². The van der Waals surface area contributed by atoms with Gasteiger partial charge in [-0.15, -0.1) is 0 Å². The Labute approximate surface area is 166 Å². The molecule has 9 heteroatoms. The van der Waals surface area contributed by atoms with Crippen molar-refractivity contribution < 1.29 is 23.9 Å². The summed E-state index contributed by atoms with van der Waals surface area (Å²) in [6, 6.07) is 14.9. The number of anilines is 1. The number of methoxy groups -OCH3 is 1. The third-order valence-corrected chi connectivity index (χ3v) is 3.82. The maximum Gasteiger partial charge on any atom is 0.357 e. The minimum Gasteiger partial charge on any atom is -0.497 e. The molecule has 1 aromatic heterocycles. The SMILES string of the molecule is COc1ccc(NC(=O)NC(=O)COC(=O)c2cncn2-c2ccccc2)cc1. The summed E-state index contributed by atoms with van der Waals surface area (Å²) < 4.78 is 11.5. The van der Waals surface area contributed by atoms with Crippen LogP contribution in [0.3, 0.4) is 0 Å². The average molecular weight is 394 g/mol. The standard InChI is InChI=1S/C20H18N4O5/c1-28-16-9-7-14(8-10-16)22-20(27)23-18(25)12-29-19(26)17-11-21-13-24(17)15-5-3-2-4-6-15/h2-11,13H,12H2,1H3,(H2,22,23,25,27). The highest BCUT2D eigenvalue weighted by Crippen LogP contribution is 2.15. The van der Waals surface area contributed by atoms with Crippen molar-refractivity contribution in [1.82, 2.24) is 14.9 Å². The van der Waals surface area contributed by atoms with E-state index < -0.39 is 24.5 Å². The van der Waals surface area contributed by atoms with E-state index in [4.69, 9.17) is 9.47 Å². The number of imidazole rings is 1. The van der Waals surface area contributed by atoms with Crippen LogP contribution < -0.4 is 15.4 Å². The summed E-state index contributed by atoms with van der Waals surface area (Å²) in [6.45, 7) is -0.616. The Hall–Kier alpha value is -4.14. The molecule has 3 aromatic rings. The molecule has 148 valence electrons. The highest BCUT2D eigenvalue weighted by Gasteiger charge is 2.17. The minimum atomic E-state index is -0.768. The van der Waals surface area contributed by atoms with E-state index >= 15 is 0 Å².